The molecule has 1 saturated heterocycles. The van der Waals surface area contributed by atoms with Gasteiger partial charge in [0.1, 0.15) is 0 Å². The maximum Gasteiger partial charge on any atom is 0.364 e. The summed E-state index contributed by atoms with van der Waals surface area (Å²) < 4.78 is 0. The summed E-state index contributed by atoms with van der Waals surface area (Å²) in [5, 5.41) is 8.14. The Morgan fingerprint density at radius 2 is 1.92 bits per heavy atom. The number of hydrogen-bond donors (Lipinski definition) is 0. The lowest BCUT2D eigenvalue weighted by atomic mass is 9.99. The van der Waals surface area contributed by atoms with Crippen molar-refractivity contribution in [3.8, 4) is 0 Å². The number of benzene rings is 1. The first-order valence-corrected chi connectivity index (χ1v) is 9.56. The molecule has 0 saturated carbocycles. The lowest BCUT2D eigenvalue weighted by Crippen LogP contribution is -2.48. The largest absolute Gasteiger partial charge is 0.369 e. The van der Waals surface area contributed by atoms with E-state index in [1.54, 1.807) is 11.0 Å². The molecule has 0 N–H and O–H groups in total. The molecule has 3 rings (SSSR count). The van der Waals surface area contributed by atoms with Gasteiger partial charge in [-0.05, 0) is 37.9 Å². The Bertz CT molecular complexity index is 639. The molecule has 1 unspecified atom stereocenters. The number of urea groups is 1. The van der Waals surface area contributed by atoms with Gasteiger partial charge in [0.25, 0.3) is 0 Å². The second-order valence-corrected chi connectivity index (χ2v) is 6.99. The lowest BCUT2D eigenvalue weighted by molar-refractivity contribution is 0.134. The van der Waals surface area contributed by atoms with Gasteiger partial charge in [0.2, 0.25) is 0 Å². The van der Waals surface area contributed by atoms with Crippen LogP contribution in [-0.4, -0.2) is 60.8 Å². The first-order valence-electron chi connectivity index (χ1n) is 9.56. The van der Waals surface area contributed by atoms with E-state index in [4.69, 9.17) is 0 Å². The zero-order valence-electron chi connectivity index (χ0n) is 15.7. The molecule has 6 heteroatoms. The van der Waals surface area contributed by atoms with Crippen LogP contribution in [0, 0.1) is 0 Å². The van der Waals surface area contributed by atoms with E-state index in [1.165, 1.54) is 5.69 Å². The zero-order chi connectivity index (χ0) is 18.4. The molecule has 0 radical (unpaired) electrons. The monoisotopic (exact) mass is 355 g/mol. The highest BCUT2D eigenvalue weighted by atomic mass is 16.2. The van der Waals surface area contributed by atoms with Crippen LogP contribution in [0.5, 0.6) is 0 Å². The van der Waals surface area contributed by atoms with Gasteiger partial charge in [0, 0.05) is 38.4 Å². The first-order chi connectivity index (χ1) is 12.7. The third kappa shape index (κ3) is 3.96. The molecule has 0 bridgehead atoms. The minimum atomic E-state index is -0.475. The molecular weight excluding hydrogens is 326 g/mol. The van der Waals surface area contributed by atoms with Crippen LogP contribution in [0.3, 0.4) is 0 Å². The summed E-state index contributed by atoms with van der Waals surface area (Å²) >= 11 is 0. The number of hydrogen-bond acceptors (Lipinski definition) is 4. The van der Waals surface area contributed by atoms with E-state index >= 15 is 0 Å². The van der Waals surface area contributed by atoms with Gasteiger partial charge in [-0.3, -0.25) is 9.80 Å². The first kappa shape index (κ1) is 18.6. The molecule has 140 valence electrons. The van der Waals surface area contributed by atoms with Gasteiger partial charge in [-0.25, -0.2) is 4.79 Å². The van der Waals surface area contributed by atoms with E-state index in [2.05, 4.69) is 63.9 Å². The van der Waals surface area contributed by atoms with Crippen LogP contribution in [0.25, 0.3) is 0 Å². The van der Waals surface area contributed by atoms with Gasteiger partial charge in [0.05, 0.1) is 0 Å². The third-order valence-electron chi connectivity index (χ3n) is 5.48. The fourth-order valence-electron chi connectivity index (χ4n) is 3.88. The molecule has 2 aliphatic rings. The number of rotatable bonds is 8. The average Bonchev–Trinajstić information content (AvgIpc) is 3.00. The Balaban J connectivity index is 1.47. The number of carbonyl (C=O) groups excluding carboxylic acids is 1. The fraction of sp³-hybridized carbons (Fsp3) is 0.550. The highest BCUT2D eigenvalue weighted by molar-refractivity contribution is 5.77. The maximum absolute atomic E-state index is 12.0. The number of carbonyl (C=O) groups is 1. The minimum Gasteiger partial charge on any atom is -0.369 e. The zero-order valence-corrected chi connectivity index (χ0v) is 15.7. The summed E-state index contributed by atoms with van der Waals surface area (Å²) in [5.41, 5.74) is 0.832. The standard InChI is InChI=1S/C20H29N5O/c1-3-12-25-19(26)21-22-20(25,4-2)11-8-13-23-14-16-24(17-15-23)18-9-6-5-7-10-18/h3,5-7,9-10H,1,4,8,11-17H2,2H3. The highest BCUT2D eigenvalue weighted by Gasteiger charge is 2.42. The second kappa shape index (κ2) is 8.45. The van der Waals surface area contributed by atoms with Crippen molar-refractivity contribution >= 4 is 11.7 Å². The van der Waals surface area contributed by atoms with E-state index in [-0.39, 0.29) is 6.03 Å². The van der Waals surface area contributed by atoms with E-state index < -0.39 is 5.66 Å². The van der Waals surface area contributed by atoms with Crippen LogP contribution in [0.15, 0.2) is 53.2 Å². The average molecular weight is 355 g/mol. The number of para-hydroxylation sites is 1. The van der Waals surface area contributed by atoms with Crippen LogP contribution in [-0.2, 0) is 0 Å². The Morgan fingerprint density at radius 1 is 1.19 bits per heavy atom. The van der Waals surface area contributed by atoms with Gasteiger partial charge < -0.3 is 4.90 Å². The van der Waals surface area contributed by atoms with Crippen molar-refractivity contribution in [1.82, 2.24) is 9.80 Å². The summed E-state index contributed by atoms with van der Waals surface area (Å²) in [4.78, 5) is 18.7. The normalized spacial score (nSPS) is 23.7. The number of azo groups is 1. The Kier molecular flexibility index (Phi) is 6.04. The van der Waals surface area contributed by atoms with Crippen molar-refractivity contribution in [2.24, 2.45) is 10.2 Å². The molecule has 2 heterocycles. The van der Waals surface area contributed by atoms with Crippen LogP contribution in [0.4, 0.5) is 10.5 Å². The van der Waals surface area contributed by atoms with Crippen LogP contribution >= 0.6 is 0 Å². The highest BCUT2D eigenvalue weighted by Crippen LogP contribution is 2.33. The molecule has 1 aromatic rings. The van der Waals surface area contributed by atoms with Gasteiger partial charge in [-0.2, -0.15) is 5.11 Å². The van der Waals surface area contributed by atoms with Crippen molar-refractivity contribution in [2.45, 2.75) is 31.8 Å². The Hall–Kier alpha value is -2.21. The Labute approximate surface area is 156 Å². The topological polar surface area (TPSA) is 51.5 Å². The van der Waals surface area contributed by atoms with Gasteiger partial charge in [-0.1, -0.05) is 36.3 Å². The number of amides is 2. The molecule has 0 spiro atoms. The number of piperazine rings is 1. The number of nitrogens with zero attached hydrogens (tertiary/aromatic N) is 5. The van der Waals surface area contributed by atoms with Crippen molar-refractivity contribution < 1.29 is 4.79 Å². The fourth-order valence-corrected chi connectivity index (χ4v) is 3.88. The molecule has 1 fully saturated rings. The van der Waals surface area contributed by atoms with E-state index in [1.807, 2.05) is 0 Å². The molecule has 6 nitrogen and oxygen atoms in total. The van der Waals surface area contributed by atoms with Crippen molar-refractivity contribution in [2.75, 3.05) is 44.2 Å². The maximum atomic E-state index is 12.0. The molecule has 2 aliphatic heterocycles. The molecule has 1 aromatic carbocycles. The summed E-state index contributed by atoms with van der Waals surface area (Å²) in [6.45, 7) is 11.6. The van der Waals surface area contributed by atoms with E-state index in [0.717, 1.165) is 52.0 Å². The van der Waals surface area contributed by atoms with Crippen LogP contribution in [0.1, 0.15) is 26.2 Å². The van der Waals surface area contributed by atoms with Crippen LogP contribution in [0.2, 0.25) is 0 Å². The minimum absolute atomic E-state index is 0.233. The van der Waals surface area contributed by atoms with E-state index in [0.29, 0.717) is 6.54 Å². The second-order valence-electron chi connectivity index (χ2n) is 6.99. The van der Waals surface area contributed by atoms with Crippen molar-refractivity contribution in [1.29, 1.82) is 0 Å². The smallest absolute Gasteiger partial charge is 0.364 e. The summed E-state index contributed by atoms with van der Waals surface area (Å²) in [7, 11) is 0. The summed E-state index contributed by atoms with van der Waals surface area (Å²) in [6, 6.07) is 10.4. The molecule has 2 amide bonds. The molecular formula is C20H29N5O. The summed E-state index contributed by atoms with van der Waals surface area (Å²) in [5.74, 6) is 0. The molecule has 0 aromatic heterocycles. The predicted octanol–water partition coefficient (Wildman–Crippen LogP) is 3.77. The van der Waals surface area contributed by atoms with Crippen LogP contribution < -0.4 is 4.90 Å². The van der Waals surface area contributed by atoms with Crippen molar-refractivity contribution in [3.63, 3.8) is 0 Å². The summed E-state index contributed by atoms with van der Waals surface area (Å²) in [6.07, 6.45) is 4.41. The molecule has 1 atom stereocenters. The van der Waals surface area contributed by atoms with Gasteiger partial charge in [0.15, 0.2) is 5.66 Å². The molecule has 0 aliphatic carbocycles. The Morgan fingerprint density at radius 3 is 2.58 bits per heavy atom. The van der Waals surface area contributed by atoms with E-state index in [9.17, 15) is 4.79 Å². The van der Waals surface area contributed by atoms with Gasteiger partial charge in [-0.15, -0.1) is 6.58 Å². The number of anilines is 1. The lowest BCUT2D eigenvalue weighted by Gasteiger charge is -2.37. The third-order valence-corrected chi connectivity index (χ3v) is 5.48. The predicted molar refractivity (Wildman–Crippen MR) is 105 cm³/mol. The SMILES string of the molecule is C=CCN1C(=O)N=NC1(CC)CCCN1CCN(c2ccccc2)CC1. The van der Waals surface area contributed by atoms with Crippen molar-refractivity contribution in [3.05, 3.63) is 43.0 Å². The molecule has 26 heavy (non-hydrogen) atoms. The van der Waals surface area contributed by atoms with Gasteiger partial charge >= 0.3 is 6.03 Å². The quantitative estimate of drug-likeness (QED) is 0.667.